The minimum atomic E-state index is -0.336. The van der Waals surface area contributed by atoms with E-state index in [1.54, 1.807) is 6.07 Å². The van der Waals surface area contributed by atoms with E-state index in [0.717, 1.165) is 23.1 Å². The number of hydrogen-bond donors (Lipinski definition) is 2. The van der Waals surface area contributed by atoms with Gasteiger partial charge in [-0.05, 0) is 50.2 Å². The summed E-state index contributed by atoms with van der Waals surface area (Å²) in [7, 11) is 0. The van der Waals surface area contributed by atoms with Crippen molar-refractivity contribution in [2.24, 2.45) is 0 Å². The normalized spacial score (nSPS) is 12.1. The lowest BCUT2D eigenvalue weighted by Gasteiger charge is -2.17. The van der Waals surface area contributed by atoms with E-state index in [-0.39, 0.29) is 5.63 Å². The van der Waals surface area contributed by atoms with Crippen molar-refractivity contribution in [3.8, 4) is 0 Å². The van der Waals surface area contributed by atoms with Gasteiger partial charge >= 0.3 is 5.63 Å². The predicted molar refractivity (Wildman–Crippen MR) is 100 cm³/mol. The molecule has 0 saturated carbocycles. The van der Waals surface area contributed by atoms with Crippen LogP contribution < -0.4 is 16.3 Å². The molecule has 0 radical (unpaired) electrons. The molecule has 1 heterocycles. The highest BCUT2D eigenvalue weighted by atomic mass is 32.1. The van der Waals surface area contributed by atoms with Crippen LogP contribution in [0.15, 0.2) is 33.5 Å². The summed E-state index contributed by atoms with van der Waals surface area (Å²) >= 11 is 5.35. The van der Waals surface area contributed by atoms with Gasteiger partial charge in [0.05, 0.1) is 0 Å². The number of fused-ring (bicyclic) bond motifs is 1. The molecule has 2 N–H and O–H groups in total. The molecule has 5 heteroatoms. The summed E-state index contributed by atoms with van der Waals surface area (Å²) in [5.74, 6) is 0. The molecule has 0 amide bonds. The van der Waals surface area contributed by atoms with Gasteiger partial charge in [0.2, 0.25) is 0 Å². The van der Waals surface area contributed by atoms with Crippen molar-refractivity contribution >= 4 is 34.0 Å². The Labute approximate surface area is 142 Å². The summed E-state index contributed by atoms with van der Waals surface area (Å²) in [6.07, 6.45) is 4.77. The fourth-order valence-corrected chi connectivity index (χ4v) is 2.89. The zero-order valence-corrected chi connectivity index (χ0v) is 14.8. The second-order valence-electron chi connectivity index (χ2n) is 5.95. The molecular weight excluding hydrogens is 308 g/mol. The molecule has 0 saturated heterocycles. The van der Waals surface area contributed by atoms with Crippen LogP contribution in [0.25, 0.3) is 11.0 Å². The van der Waals surface area contributed by atoms with Crippen LogP contribution in [0.1, 0.15) is 45.1 Å². The van der Waals surface area contributed by atoms with Gasteiger partial charge in [-0.3, -0.25) is 0 Å². The monoisotopic (exact) mass is 332 g/mol. The molecule has 2 aromatic rings. The highest BCUT2D eigenvalue weighted by Crippen LogP contribution is 2.20. The zero-order valence-electron chi connectivity index (χ0n) is 13.9. The van der Waals surface area contributed by atoms with Crippen LogP contribution in [0.3, 0.4) is 0 Å². The van der Waals surface area contributed by atoms with Crippen LogP contribution in [-0.4, -0.2) is 11.2 Å². The lowest BCUT2D eigenvalue weighted by molar-refractivity contribution is 0.556. The van der Waals surface area contributed by atoms with E-state index in [1.165, 1.54) is 25.3 Å². The summed E-state index contributed by atoms with van der Waals surface area (Å²) in [5, 5.41) is 7.96. The van der Waals surface area contributed by atoms with E-state index in [1.807, 2.05) is 19.1 Å². The average Bonchev–Trinajstić information content (AvgIpc) is 2.46. The minimum Gasteiger partial charge on any atom is -0.423 e. The largest absolute Gasteiger partial charge is 0.423 e. The molecule has 1 aromatic heterocycles. The lowest BCUT2D eigenvalue weighted by Crippen LogP contribution is -2.35. The number of thiocarbonyl (C=S) groups is 1. The van der Waals surface area contributed by atoms with Crippen LogP contribution in [-0.2, 0) is 0 Å². The Morgan fingerprint density at radius 1 is 1.30 bits per heavy atom. The van der Waals surface area contributed by atoms with Crippen molar-refractivity contribution in [2.75, 3.05) is 5.32 Å². The van der Waals surface area contributed by atoms with Gasteiger partial charge in [0.25, 0.3) is 0 Å². The summed E-state index contributed by atoms with van der Waals surface area (Å²) < 4.78 is 5.25. The Hall–Kier alpha value is -1.88. The number of hydrogen-bond acceptors (Lipinski definition) is 3. The van der Waals surface area contributed by atoms with Gasteiger partial charge in [0, 0.05) is 29.2 Å². The topological polar surface area (TPSA) is 54.3 Å². The van der Waals surface area contributed by atoms with Crippen molar-refractivity contribution in [1.29, 1.82) is 0 Å². The van der Waals surface area contributed by atoms with Crippen LogP contribution in [0.5, 0.6) is 0 Å². The van der Waals surface area contributed by atoms with Gasteiger partial charge in [-0.15, -0.1) is 0 Å². The van der Waals surface area contributed by atoms with Gasteiger partial charge in [0.1, 0.15) is 5.58 Å². The third-order valence-electron chi connectivity index (χ3n) is 3.83. The Balaban J connectivity index is 2.01. The highest BCUT2D eigenvalue weighted by Gasteiger charge is 2.07. The molecule has 0 aliphatic heterocycles. The van der Waals surface area contributed by atoms with Crippen LogP contribution in [0.4, 0.5) is 5.69 Å². The SMILES string of the molecule is CCCCC[C@@H](C)NC(=S)Nc1ccc2c(C)cc(=O)oc2c1. The number of unbranched alkanes of at least 4 members (excludes halogenated alkanes) is 2. The number of anilines is 1. The second-order valence-corrected chi connectivity index (χ2v) is 6.36. The number of aryl methyl sites for hydroxylation is 1. The Bertz CT molecular complexity index is 739. The van der Waals surface area contributed by atoms with Gasteiger partial charge in [-0.1, -0.05) is 26.2 Å². The van der Waals surface area contributed by atoms with Gasteiger partial charge in [-0.25, -0.2) is 4.79 Å². The summed E-state index contributed by atoms with van der Waals surface area (Å²) in [6.45, 7) is 6.23. The van der Waals surface area contributed by atoms with Gasteiger partial charge in [0.15, 0.2) is 5.11 Å². The molecule has 1 aromatic carbocycles. The number of rotatable bonds is 6. The van der Waals surface area contributed by atoms with Crippen molar-refractivity contribution in [3.63, 3.8) is 0 Å². The Kier molecular flexibility index (Phi) is 6.16. The van der Waals surface area contributed by atoms with Crippen molar-refractivity contribution < 1.29 is 4.42 Å². The molecule has 0 fully saturated rings. The average molecular weight is 332 g/mol. The van der Waals surface area contributed by atoms with Crippen LogP contribution >= 0.6 is 12.2 Å². The van der Waals surface area contributed by atoms with Gasteiger partial charge in [-0.2, -0.15) is 0 Å². The maximum Gasteiger partial charge on any atom is 0.336 e. The molecule has 0 aliphatic carbocycles. The van der Waals surface area contributed by atoms with E-state index in [9.17, 15) is 4.79 Å². The lowest BCUT2D eigenvalue weighted by atomic mass is 10.1. The maximum atomic E-state index is 11.5. The Morgan fingerprint density at radius 3 is 2.83 bits per heavy atom. The van der Waals surface area contributed by atoms with E-state index >= 15 is 0 Å². The minimum absolute atomic E-state index is 0.335. The first-order chi connectivity index (χ1) is 11.0. The van der Waals surface area contributed by atoms with Crippen molar-refractivity contribution in [2.45, 2.75) is 52.5 Å². The van der Waals surface area contributed by atoms with E-state index in [2.05, 4.69) is 24.5 Å². The molecular formula is C18H24N2O2S. The zero-order chi connectivity index (χ0) is 16.8. The van der Waals surface area contributed by atoms with Crippen molar-refractivity contribution in [3.05, 3.63) is 40.2 Å². The molecule has 124 valence electrons. The summed E-state index contributed by atoms with van der Waals surface area (Å²) in [4.78, 5) is 11.5. The molecule has 0 spiro atoms. The quantitative estimate of drug-likeness (QED) is 0.468. The molecule has 1 atom stereocenters. The molecule has 2 rings (SSSR count). The van der Waals surface area contributed by atoms with E-state index in [0.29, 0.717) is 16.7 Å². The number of benzene rings is 1. The summed E-state index contributed by atoms with van der Waals surface area (Å²) in [6, 6.07) is 7.51. The summed E-state index contributed by atoms with van der Waals surface area (Å²) in [5.41, 5.74) is 1.95. The van der Waals surface area contributed by atoms with E-state index in [4.69, 9.17) is 16.6 Å². The number of nitrogens with one attached hydrogen (secondary N) is 2. The third-order valence-corrected chi connectivity index (χ3v) is 4.05. The predicted octanol–water partition coefficient (Wildman–Crippen LogP) is 4.36. The molecule has 23 heavy (non-hydrogen) atoms. The van der Waals surface area contributed by atoms with E-state index < -0.39 is 0 Å². The first-order valence-electron chi connectivity index (χ1n) is 8.11. The molecule has 0 unspecified atom stereocenters. The fraction of sp³-hybridized carbons (Fsp3) is 0.444. The molecule has 4 nitrogen and oxygen atoms in total. The van der Waals surface area contributed by atoms with Crippen LogP contribution in [0.2, 0.25) is 0 Å². The first-order valence-corrected chi connectivity index (χ1v) is 8.52. The van der Waals surface area contributed by atoms with Crippen LogP contribution in [0, 0.1) is 6.92 Å². The second kappa shape index (κ2) is 8.11. The third kappa shape index (κ3) is 5.06. The first kappa shape index (κ1) is 17.5. The Morgan fingerprint density at radius 2 is 2.09 bits per heavy atom. The smallest absolute Gasteiger partial charge is 0.336 e. The fourth-order valence-electron chi connectivity index (χ4n) is 2.57. The molecule has 0 bridgehead atoms. The highest BCUT2D eigenvalue weighted by molar-refractivity contribution is 7.80. The van der Waals surface area contributed by atoms with Crippen molar-refractivity contribution in [1.82, 2.24) is 5.32 Å². The molecule has 0 aliphatic rings. The standard InChI is InChI=1S/C18H24N2O2S/c1-4-5-6-7-13(3)19-18(23)20-14-8-9-15-12(2)10-17(21)22-16(15)11-14/h8-11,13H,4-7H2,1-3H3,(H2,19,20,23)/t13-/m1/s1. The maximum absolute atomic E-state index is 11.5. The van der Waals surface area contributed by atoms with Gasteiger partial charge < -0.3 is 15.1 Å².